The van der Waals surface area contributed by atoms with E-state index in [9.17, 15) is 0 Å². The van der Waals surface area contributed by atoms with Gasteiger partial charge < -0.3 is 28.8 Å². The summed E-state index contributed by atoms with van der Waals surface area (Å²) in [6, 6.07) is 0. The zero-order chi connectivity index (χ0) is 16.0. The van der Waals surface area contributed by atoms with Crippen molar-refractivity contribution in [2.75, 3.05) is 0 Å². The van der Waals surface area contributed by atoms with Gasteiger partial charge in [-0.3, -0.25) is 0 Å². The first-order valence-corrected chi connectivity index (χ1v) is 22.0. The Kier molecular flexibility index (Phi) is 9.83. The molecule has 14 heteroatoms. The Labute approximate surface area is 139 Å². The lowest BCUT2D eigenvalue weighted by Crippen LogP contribution is -2.44. The summed E-state index contributed by atoms with van der Waals surface area (Å²) in [6.45, 7) is 14.2. The van der Waals surface area contributed by atoms with Crippen LogP contribution in [0, 0.1) is 0 Å². The molecule has 0 N–H and O–H groups in total. The molecule has 0 unspecified atom stereocenters. The van der Waals surface area contributed by atoms with Crippen LogP contribution in [0.15, 0.2) is 0 Å². The molecule has 7 nitrogen and oxygen atoms in total. The molecule has 0 atom stereocenters. The summed E-state index contributed by atoms with van der Waals surface area (Å²) in [5.74, 6) is 0. The monoisotopic (exact) mass is 420 g/mol. The molecule has 0 aromatic rings. The van der Waals surface area contributed by atoms with Gasteiger partial charge in [-0.25, -0.2) is 0 Å². The minimum atomic E-state index is -1.68. The minimum Gasteiger partial charge on any atom is -0.420 e. The molecule has 1 aliphatic rings. The minimum absolute atomic E-state index is 1.68. The molecule has 1 aliphatic heterocycles. The van der Waals surface area contributed by atoms with Crippen molar-refractivity contribution in [3.8, 4) is 0 Å². The molecule has 0 spiro atoms. The van der Waals surface area contributed by atoms with Crippen LogP contribution in [0.3, 0.4) is 0 Å². The average Bonchev–Trinajstić information content (AvgIpc) is 2.24. The number of rotatable bonds is 0. The Morgan fingerprint density at radius 1 is 0.286 bits per heavy atom. The van der Waals surface area contributed by atoms with E-state index < -0.39 is 65.0 Å². The van der Waals surface area contributed by atoms with Gasteiger partial charge in [-0.1, -0.05) is 0 Å². The van der Waals surface area contributed by atoms with Gasteiger partial charge in [-0.05, 0) is 45.8 Å². The maximum absolute atomic E-state index is 5.93. The SMILES string of the molecule is C[SiH]1O[SiH](C)O[SiH](C)O[SiH](C)O[SiH](C)O[SiH](C)O[SiH](C)O1. The Morgan fingerprint density at radius 2 is 0.381 bits per heavy atom. The van der Waals surface area contributed by atoms with Gasteiger partial charge >= 0.3 is 0 Å². The van der Waals surface area contributed by atoms with Gasteiger partial charge in [0, 0.05) is 0 Å². The maximum Gasteiger partial charge on any atom is 0.300 e. The third kappa shape index (κ3) is 9.19. The smallest absolute Gasteiger partial charge is 0.300 e. The molecular weight excluding hydrogens is 393 g/mol. The highest BCUT2D eigenvalue weighted by Gasteiger charge is 2.26. The van der Waals surface area contributed by atoms with Crippen LogP contribution in [0.1, 0.15) is 0 Å². The maximum atomic E-state index is 5.93. The molecular formula is C7H28O7Si7. The van der Waals surface area contributed by atoms with Gasteiger partial charge in [-0.15, -0.1) is 0 Å². The van der Waals surface area contributed by atoms with E-state index in [0.29, 0.717) is 0 Å². The molecule has 1 heterocycles. The lowest BCUT2D eigenvalue weighted by atomic mass is 11.9. The van der Waals surface area contributed by atoms with Crippen molar-refractivity contribution in [1.29, 1.82) is 0 Å². The number of hydrogen-bond donors (Lipinski definition) is 0. The Hall–Kier alpha value is 1.24. The molecule has 0 aromatic heterocycles. The molecule has 0 amide bonds. The molecule has 0 aromatic carbocycles. The fourth-order valence-electron chi connectivity index (χ4n) is 2.11. The Bertz CT molecular complexity index is 210. The standard InChI is InChI=1S/C7H28O7Si7/c1-15-8-16(2)10-18(4)12-20(6)14-21(7)13-19(5)11-17(3)9-15/h15-21H,1-7H3. The summed E-state index contributed by atoms with van der Waals surface area (Å²) in [4.78, 5) is 0. The fourth-order valence-corrected chi connectivity index (χ4v) is 23.1. The van der Waals surface area contributed by atoms with Gasteiger partial charge in [0.1, 0.15) is 0 Å². The third-order valence-corrected chi connectivity index (χ3v) is 24.1. The average molecular weight is 421 g/mol. The van der Waals surface area contributed by atoms with Crippen LogP contribution in [0.4, 0.5) is 0 Å². The zero-order valence-electron chi connectivity index (χ0n) is 13.9. The van der Waals surface area contributed by atoms with Gasteiger partial charge in [0.2, 0.25) is 0 Å². The fraction of sp³-hybridized carbons (Fsp3) is 1.00. The summed E-state index contributed by atoms with van der Waals surface area (Å²) in [5, 5.41) is 0. The van der Waals surface area contributed by atoms with Crippen LogP contribution < -0.4 is 0 Å². The van der Waals surface area contributed by atoms with Crippen LogP contribution in [-0.4, -0.2) is 65.0 Å². The highest BCUT2D eigenvalue weighted by atomic mass is 28.5. The topological polar surface area (TPSA) is 64.6 Å². The van der Waals surface area contributed by atoms with Crippen LogP contribution in [0.25, 0.3) is 0 Å². The first-order chi connectivity index (χ1) is 9.76. The van der Waals surface area contributed by atoms with Crippen molar-refractivity contribution in [1.82, 2.24) is 0 Å². The van der Waals surface area contributed by atoms with Gasteiger partial charge in [0.05, 0.1) is 0 Å². The number of hydrogen-bond acceptors (Lipinski definition) is 7. The van der Waals surface area contributed by atoms with Crippen molar-refractivity contribution in [2.24, 2.45) is 0 Å². The van der Waals surface area contributed by atoms with E-state index in [1.54, 1.807) is 0 Å². The van der Waals surface area contributed by atoms with Crippen LogP contribution >= 0.6 is 0 Å². The Morgan fingerprint density at radius 3 is 0.476 bits per heavy atom. The molecule has 126 valence electrons. The normalized spacial score (nSPS) is 45.0. The van der Waals surface area contributed by atoms with Gasteiger partial charge in [0.15, 0.2) is 0 Å². The van der Waals surface area contributed by atoms with Crippen molar-refractivity contribution < 1.29 is 28.8 Å². The van der Waals surface area contributed by atoms with Crippen molar-refractivity contribution in [3.63, 3.8) is 0 Å². The predicted octanol–water partition coefficient (Wildman–Crippen LogP) is -0.932. The van der Waals surface area contributed by atoms with Crippen molar-refractivity contribution in [3.05, 3.63) is 0 Å². The summed E-state index contributed by atoms with van der Waals surface area (Å²) in [5.41, 5.74) is 0. The summed E-state index contributed by atoms with van der Waals surface area (Å²) in [7, 11) is -11.8. The van der Waals surface area contributed by atoms with E-state index in [-0.39, 0.29) is 0 Å². The predicted molar refractivity (Wildman–Crippen MR) is 98.7 cm³/mol. The van der Waals surface area contributed by atoms with Gasteiger partial charge in [0.25, 0.3) is 65.0 Å². The highest BCUT2D eigenvalue weighted by Crippen LogP contribution is 2.07. The lowest BCUT2D eigenvalue weighted by Gasteiger charge is -2.28. The molecule has 0 saturated carbocycles. The molecule has 1 rings (SSSR count). The lowest BCUT2D eigenvalue weighted by molar-refractivity contribution is 0.296. The van der Waals surface area contributed by atoms with E-state index in [2.05, 4.69) is 0 Å². The molecule has 1 saturated heterocycles. The summed E-state index contributed by atoms with van der Waals surface area (Å²) >= 11 is 0. The Balaban J connectivity index is 2.65. The second kappa shape index (κ2) is 10.2. The van der Waals surface area contributed by atoms with E-state index in [1.807, 2.05) is 45.8 Å². The second-order valence-electron chi connectivity index (χ2n) is 4.93. The molecule has 0 aliphatic carbocycles. The largest absolute Gasteiger partial charge is 0.420 e. The van der Waals surface area contributed by atoms with Gasteiger partial charge in [-0.2, -0.15) is 0 Å². The molecule has 1 fully saturated rings. The van der Waals surface area contributed by atoms with E-state index in [0.717, 1.165) is 0 Å². The molecule has 21 heavy (non-hydrogen) atoms. The molecule has 0 radical (unpaired) electrons. The quantitative estimate of drug-likeness (QED) is 0.469. The van der Waals surface area contributed by atoms with E-state index in [1.165, 1.54) is 0 Å². The van der Waals surface area contributed by atoms with Crippen LogP contribution in [0.2, 0.25) is 45.8 Å². The third-order valence-electron chi connectivity index (χ3n) is 2.68. The van der Waals surface area contributed by atoms with Crippen LogP contribution in [0.5, 0.6) is 0 Å². The first-order valence-electron chi connectivity index (χ1n) is 7.34. The highest BCUT2D eigenvalue weighted by molar-refractivity contribution is 6.73. The second-order valence-corrected chi connectivity index (χ2v) is 20.5. The van der Waals surface area contributed by atoms with E-state index in [4.69, 9.17) is 28.8 Å². The van der Waals surface area contributed by atoms with Crippen molar-refractivity contribution >= 4 is 65.0 Å². The van der Waals surface area contributed by atoms with E-state index >= 15 is 0 Å². The zero-order valence-corrected chi connectivity index (χ0v) is 22.0. The summed E-state index contributed by atoms with van der Waals surface area (Å²) in [6.07, 6.45) is 0. The summed E-state index contributed by atoms with van der Waals surface area (Å²) < 4.78 is 41.5. The van der Waals surface area contributed by atoms with Crippen LogP contribution in [-0.2, 0) is 28.8 Å². The first kappa shape index (κ1) is 20.3. The molecule has 0 bridgehead atoms. The van der Waals surface area contributed by atoms with Crippen molar-refractivity contribution in [2.45, 2.75) is 45.8 Å².